The minimum absolute atomic E-state index is 0.0710. The predicted molar refractivity (Wildman–Crippen MR) is 88.0 cm³/mol. The number of rotatable bonds is 3. The smallest absolute Gasteiger partial charge is 0.312 e. The van der Waals surface area contributed by atoms with E-state index < -0.39 is 11.0 Å². The highest BCUT2D eigenvalue weighted by Crippen LogP contribution is 2.61. The van der Waals surface area contributed by atoms with Gasteiger partial charge >= 0.3 is 5.97 Å². The standard InChI is InChI=1S/C19H29NO4/c1-13-3-2-4-20(10-13)16(21)11-24-17(22)18-6-14-5-15(7-18)9-19(23,8-14)12-18/h13-15,23H,2-12H2,1H3. The van der Waals surface area contributed by atoms with Crippen molar-refractivity contribution in [2.75, 3.05) is 19.7 Å². The number of ether oxygens (including phenoxy) is 1. The largest absolute Gasteiger partial charge is 0.455 e. The topological polar surface area (TPSA) is 66.8 Å². The molecule has 1 heterocycles. The molecule has 0 aromatic carbocycles. The Hall–Kier alpha value is -1.10. The Kier molecular flexibility index (Phi) is 3.90. The van der Waals surface area contributed by atoms with Crippen molar-refractivity contribution in [2.24, 2.45) is 23.2 Å². The molecule has 24 heavy (non-hydrogen) atoms. The van der Waals surface area contributed by atoms with Gasteiger partial charge in [-0.25, -0.2) is 0 Å². The summed E-state index contributed by atoms with van der Waals surface area (Å²) in [7, 11) is 0. The van der Waals surface area contributed by atoms with E-state index in [2.05, 4.69) is 6.92 Å². The highest BCUT2D eigenvalue weighted by Gasteiger charge is 2.60. The maximum absolute atomic E-state index is 12.8. The van der Waals surface area contributed by atoms with Crippen LogP contribution in [0.5, 0.6) is 0 Å². The summed E-state index contributed by atoms with van der Waals surface area (Å²) in [5, 5.41) is 10.7. The average Bonchev–Trinajstić information content (AvgIpc) is 2.49. The molecule has 5 rings (SSSR count). The number of piperidine rings is 1. The van der Waals surface area contributed by atoms with E-state index in [1.807, 2.05) is 4.90 Å². The third-order valence-corrected chi connectivity index (χ3v) is 6.80. The summed E-state index contributed by atoms with van der Waals surface area (Å²) in [5.74, 6) is 1.10. The van der Waals surface area contributed by atoms with Gasteiger partial charge in [0.15, 0.2) is 6.61 Å². The zero-order valence-corrected chi connectivity index (χ0v) is 14.6. The zero-order valence-electron chi connectivity index (χ0n) is 14.6. The number of hydrogen-bond acceptors (Lipinski definition) is 4. The fourth-order valence-corrected chi connectivity index (χ4v) is 6.24. The molecule has 3 unspecified atom stereocenters. The lowest BCUT2D eigenvalue weighted by molar-refractivity contribution is -0.197. The minimum Gasteiger partial charge on any atom is -0.455 e. The van der Waals surface area contributed by atoms with Gasteiger partial charge in [-0.15, -0.1) is 0 Å². The molecule has 1 N–H and O–H groups in total. The second-order valence-corrected chi connectivity index (χ2v) is 9.13. The van der Waals surface area contributed by atoms with Gasteiger partial charge in [-0.05, 0) is 69.1 Å². The van der Waals surface area contributed by atoms with Crippen LogP contribution >= 0.6 is 0 Å². The van der Waals surface area contributed by atoms with Crippen molar-refractivity contribution in [3.63, 3.8) is 0 Å². The Morgan fingerprint density at radius 2 is 1.92 bits per heavy atom. The Morgan fingerprint density at radius 1 is 1.21 bits per heavy atom. The van der Waals surface area contributed by atoms with Gasteiger partial charge in [0, 0.05) is 13.1 Å². The second kappa shape index (κ2) is 5.72. The van der Waals surface area contributed by atoms with Crippen molar-refractivity contribution in [2.45, 2.75) is 63.9 Å². The van der Waals surface area contributed by atoms with Crippen LogP contribution in [0.1, 0.15) is 58.3 Å². The van der Waals surface area contributed by atoms with E-state index in [1.165, 1.54) is 0 Å². The van der Waals surface area contributed by atoms with Crippen LogP contribution < -0.4 is 0 Å². The number of carbonyl (C=O) groups is 2. The van der Waals surface area contributed by atoms with E-state index >= 15 is 0 Å². The zero-order chi connectivity index (χ0) is 16.9. The molecule has 134 valence electrons. The molecular formula is C19H29NO4. The van der Waals surface area contributed by atoms with E-state index in [0.717, 1.165) is 58.0 Å². The van der Waals surface area contributed by atoms with Crippen LogP contribution in [0.3, 0.4) is 0 Å². The van der Waals surface area contributed by atoms with Gasteiger partial charge < -0.3 is 14.7 Å². The normalized spacial score (nSPS) is 43.8. The average molecular weight is 335 g/mol. The molecule has 3 atom stereocenters. The highest BCUT2D eigenvalue weighted by molar-refractivity contribution is 5.83. The summed E-state index contributed by atoms with van der Waals surface area (Å²) in [6.45, 7) is 3.56. The van der Waals surface area contributed by atoms with E-state index in [9.17, 15) is 14.7 Å². The van der Waals surface area contributed by atoms with Gasteiger partial charge in [0.1, 0.15) is 0 Å². The first-order chi connectivity index (χ1) is 11.4. The molecule has 0 aromatic heterocycles. The Bertz CT molecular complexity index is 531. The van der Waals surface area contributed by atoms with Gasteiger partial charge in [0.2, 0.25) is 0 Å². The molecule has 5 fully saturated rings. The van der Waals surface area contributed by atoms with Crippen molar-refractivity contribution in [1.82, 2.24) is 4.90 Å². The summed E-state index contributed by atoms with van der Waals surface area (Å²) in [6, 6.07) is 0. The number of likely N-dealkylation sites (tertiary alicyclic amines) is 1. The van der Waals surface area contributed by atoms with E-state index in [4.69, 9.17) is 4.74 Å². The van der Waals surface area contributed by atoms with Crippen molar-refractivity contribution >= 4 is 11.9 Å². The van der Waals surface area contributed by atoms with Crippen LogP contribution in [-0.2, 0) is 14.3 Å². The fourth-order valence-electron chi connectivity index (χ4n) is 6.24. The maximum atomic E-state index is 12.8. The number of aliphatic hydroxyl groups is 1. The monoisotopic (exact) mass is 335 g/mol. The van der Waals surface area contributed by atoms with Crippen molar-refractivity contribution in [3.05, 3.63) is 0 Å². The molecule has 5 heteroatoms. The molecule has 1 saturated heterocycles. The molecule has 0 spiro atoms. The molecule has 5 aliphatic rings. The van der Waals surface area contributed by atoms with Crippen LogP contribution in [0.15, 0.2) is 0 Å². The molecule has 0 radical (unpaired) electrons. The molecule has 1 aliphatic heterocycles. The SMILES string of the molecule is CC1CCCN(C(=O)COC(=O)C23CC4CC(CC(O)(C4)C2)C3)C1. The highest BCUT2D eigenvalue weighted by atomic mass is 16.5. The summed E-state index contributed by atoms with van der Waals surface area (Å²) < 4.78 is 5.48. The van der Waals surface area contributed by atoms with Crippen molar-refractivity contribution in [1.29, 1.82) is 0 Å². The summed E-state index contributed by atoms with van der Waals surface area (Å²) in [5.41, 5.74) is -1.20. The van der Waals surface area contributed by atoms with Gasteiger partial charge in [-0.3, -0.25) is 9.59 Å². The number of nitrogens with zero attached hydrogens (tertiary/aromatic N) is 1. The van der Waals surface area contributed by atoms with Gasteiger partial charge in [0.05, 0.1) is 11.0 Å². The third kappa shape index (κ3) is 2.85. The summed E-state index contributed by atoms with van der Waals surface area (Å²) >= 11 is 0. The van der Waals surface area contributed by atoms with Gasteiger partial charge in [0.25, 0.3) is 5.91 Å². The number of esters is 1. The van der Waals surface area contributed by atoms with Crippen LogP contribution in [0.2, 0.25) is 0 Å². The predicted octanol–water partition coefficient (Wildman–Crippen LogP) is 2.12. The second-order valence-electron chi connectivity index (χ2n) is 9.13. The minimum atomic E-state index is -0.671. The first kappa shape index (κ1) is 16.4. The number of carbonyl (C=O) groups excluding carboxylic acids is 2. The Labute approximate surface area is 143 Å². The van der Waals surface area contributed by atoms with E-state index in [-0.39, 0.29) is 18.5 Å². The molecule has 4 aliphatic carbocycles. The van der Waals surface area contributed by atoms with Crippen molar-refractivity contribution in [3.8, 4) is 0 Å². The van der Waals surface area contributed by atoms with Gasteiger partial charge in [-0.1, -0.05) is 6.92 Å². The van der Waals surface area contributed by atoms with Crippen LogP contribution in [0.25, 0.3) is 0 Å². The lowest BCUT2D eigenvalue weighted by Crippen LogP contribution is -2.58. The molecule has 4 bridgehead atoms. The first-order valence-corrected chi connectivity index (χ1v) is 9.55. The lowest BCUT2D eigenvalue weighted by Gasteiger charge is -2.58. The quantitative estimate of drug-likeness (QED) is 0.802. The molecular weight excluding hydrogens is 306 g/mol. The maximum Gasteiger partial charge on any atom is 0.312 e. The van der Waals surface area contributed by atoms with Crippen molar-refractivity contribution < 1.29 is 19.4 Å². The molecule has 4 saturated carbocycles. The number of hydrogen-bond donors (Lipinski definition) is 1. The summed E-state index contributed by atoms with van der Waals surface area (Å²) in [4.78, 5) is 27.0. The van der Waals surface area contributed by atoms with Crippen LogP contribution in [0.4, 0.5) is 0 Å². The number of amides is 1. The van der Waals surface area contributed by atoms with Crippen LogP contribution in [0, 0.1) is 23.2 Å². The summed E-state index contributed by atoms with van der Waals surface area (Å²) in [6.07, 6.45) is 7.20. The molecule has 5 nitrogen and oxygen atoms in total. The fraction of sp³-hybridized carbons (Fsp3) is 0.895. The molecule has 0 aromatic rings. The first-order valence-electron chi connectivity index (χ1n) is 9.55. The Balaban J connectivity index is 1.37. The third-order valence-electron chi connectivity index (χ3n) is 6.80. The van der Waals surface area contributed by atoms with E-state index in [0.29, 0.717) is 24.2 Å². The van der Waals surface area contributed by atoms with Gasteiger partial charge in [-0.2, -0.15) is 0 Å². The van der Waals surface area contributed by atoms with Crippen LogP contribution in [-0.4, -0.2) is 47.2 Å². The van der Waals surface area contributed by atoms with E-state index in [1.54, 1.807) is 0 Å². The Morgan fingerprint density at radius 3 is 2.54 bits per heavy atom. The lowest BCUT2D eigenvalue weighted by atomic mass is 9.48. The molecule has 1 amide bonds.